The van der Waals surface area contributed by atoms with Crippen LogP contribution in [0.5, 0.6) is 5.75 Å². The zero-order valence-electron chi connectivity index (χ0n) is 18.2. The number of sulfonamides is 1. The third-order valence-corrected chi connectivity index (χ3v) is 9.12. The molecule has 0 atom stereocenters. The molecule has 4 nitrogen and oxygen atoms in total. The van der Waals surface area contributed by atoms with Crippen molar-refractivity contribution < 1.29 is 13.2 Å². The fourth-order valence-electron chi connectivity index (χ4n) is 3.56. The Bertz CT molecular complexity index is 1220. The second kappa shape index (κ2) is 10.3. The smallest absolute Gasteiger partial charge is 0.245 e. The lowest BCUT2D eigenvalue weighted by Crippen LogP contribution is -2.27. The van der Waals surface area contributed by atoms with Crippen molar-refractivity contribution in [2.24, 2.45) is 0 Å². The van der Waals surface area contributed by atoms with Gasteiger partial charge in [0.15, 0.2) is 0 Å². The van der Waals surface area contributed by atoms with Crippen molar-refractivity contribution in [1.29, 1.82) is 0 Å². The summed E-state index contributed by atoms with van der Waals surface area (Å²) in [5, 5.41) is 0.666. The van der Waals surface area contributed by atoms with Crippen molar-refractivity contribution in [1.82, 2.24) is 4.31 Å². The maximum Gasteiger partial charge on any atom is 0.245 e. The minimum absolute atomic E-state index is 0.221. The van der Waals surface area contributed by atoms with Gasteiger partial charge >= 0.3 is 0 Å². The standard InChI is InChI=1S/C24H24Br2ClNO3S/c1-15-9-20(25)24(21(26)10-15)32(29,30)28(4)13-18-11-16(2)23(17(3)12-18)31-14-19-7-5-6-8-22(19)27/h5-12H,13-14H2,1-4H3. The molecule has 0 N–H and O–H groups in total. The van der Waals surface area contributed by atoms with Crippen LogP contribution in [0.3, 0.4) is 0 Å². The second-order valence-electron chi connectivity index (χ2n) is 7.76. The first kappa shape index (κ1) is 25.2. The lowest BCUT2D eigenvalue weighted by Gasteiger charge is -2.21. The number of ether oxygens (including phenoxy) is 1. The highest BCUT2D eigenvalue weighted by molar-refractivity contribution is 9.11. The minimum atomic E-state index is -3.71. The molecule has 0 unspecified atom stereocenters. The number of rotatable bonds is 7. The van der Waals surface area contributed by atoms with Gasteiger partial charge in [0.1, 0.15) is 17.3 Å². The normalized spacial score (nSPS) is 11.8. The number of aryl methyl sites for hydroxylation is 3. The highest BCUT2D eigenvalue weighted by Gasteiger charge is 2.27. The molecule has 0 aliphatic heterocycles. The Kier molecular flexibility index (Phi) is 8.10. The van der Waals surface area contributed by atoms with E-state index in [4.69, 9.17) is 16.3 Å². The average Bonchev–Trinajstić information content (AvgIpc) is 2.67. The molecule has 3 aromatic rings. The molecule has 0 saturated heterocycles. The lowest BCUT2D eigenvalue weighted by atomic mass is 10.1. The third-order valence-electron chi connectivity index (χ3n) is 5.07. The predicted molar refractivity (Wildman–Crippen MR) is 137 cm³/mol. The van der Waals surface area contributed by atoms with Crippen LogP contribution in [-0.2, 0) is 23.2 Å². The first-order valence-corrected chi connectivity index (χ1v) is 13.3. The van der Waals surface area contributed by atoms with Crippen LogP contribution in [0.4, 0.5) is 0 Å². The lowest BCUT2D eigenvalue weighted by molar-refractivity contribution is 0.302. The molecule has 0 heterocycles. The van der Waals surface area contributed by atoms with Gasteiger partial charge in [-0.05, 0) is 93.1 Å². The van der Waals surface area contributed by atoms with Gasteiger partial charge in [-0.15, -0.1) is 0 Å². The number of benzene rings is 3. The molecule has 0 aromatic heterocycles. The van der Waals surface area contributed by atoms with Gasteiger partial charge in [-0.25, -0.2) is 8.42 Å². The highest BCUT2D eigenvalue weighted by atomic mass is 79.9. The number of halogens is 3. The summed E-state index contributed by atoms with van der Waals surface area (Å²) in [6.45, 7) is 6.43. The Morgan fingerprint density at radius 2 is 1.53 bits per heavy atom. The zero-order chi connectivity index (χ0) is 23.6. The fraction of sp³-hybridized carbons (Fsp3) is 0.250. The van der Waals surface area contributed by atoms with Crippen LogP contribution in [0.25, 0.3) is 0 Å². The second-order valence-corrected chi connectivity index (χ2v) is 11.9. The average molecular weight is 602 g/mol. The van der Waals surface area contributed by atoms with Crippen LogP contribution >= 0.6 is 43.5 Å². The van der Waals surface area contributed by atoms with E-state index in [-0.39, 0.29) is 11.4 Å². The van der Waals surface area contributed by atoms with E-state index < -0.39 is 10.0 Å². The van der Waals surface area contributed by atoms with Crippen LogP contribution in [-0.4, -0.2) is 19.8 Å². The van der Waals surface area contributed by atoms with Gasteiger partial charge in [-0.1, -0.05) is 41.9 Å². The van der Waals surface area contributed by atoms with Crippen molar-refractivity contribution in [3.63, 3.8) is 0 Å². The molecule has 3 aromatic carbocycles. The Balaban J connectivity index is 1.81. The fourth-order valence-corrected chi connectivity index (χ4v) is 7.63. The van der Waals surface area contributed by atoms with E-state index in [0.29, 0.717) is 20.6 Å². The quantitative estimate of drug-likeness (QED) is 0.288. The van der Waals surface area contributed by atoms with Crippen LogP contribution in [0, 0.1) is 20.8 Å². The largest absolute Gasteiger partial charge is 0.488 e. The predicted octanol–water partition coefficient (Wildman–Crippen LogP) is 7.19. The van der Waals surface area contributed by atoms with E-state index in [1.54, 1.807) is 19.2 Å². The molecule has 0 amide bonds. The maximum absolute atomic E-state index is 13.2. The van der Waals surface area contributed by atoms with Crippen LogP contribution in [0.1, 0.15) is 27.8 Å². The molecule has 32 heavy (non-hydrogen) atoms. The Morgan fingerprint density at radius 3 is 2.09 bits per heavy atom. The summed E-state index contributed by atoms with van der Waals surface area (Å²) in [5.41, 5.74) is 4.64. The highest BCUT2D eigenvalue weighted by Crippen LogP contribution is 2.34. The van der Waals surface area contributed by atoms with Crippen molar-refractivity contribution in [3.8, 4) is 5.75 Å². The number of hydrogen-bond donors (Lipinski definition) is 0. The summed E-state index contributed by atoms with van der Waals surface area (Å²) < 4.78 is 35.0. The van der Waals surface area contributed by atoms with Crippen molar-refractivity contribution in [2.45, 2.75) is 38.8 Å². The van der Waals surface area contributed by atoms with Gasteiger partial charge in [-0.2, -0.15) is 4.31 Å². The number of nitrogens with zero attached hydrogens (tertiary/aromatic N) is 1. The molecule has 0 radical (unpaired) electrons. The van der Waals surface area contributed by atoms with Crippen molar-refractivity contribution in [2.75, 3.05) is 7.05 Å². The topological polar surface area (TPSA) is 46.6 Å². The van der Waals surface area contributed by atoms with Crippen LogP contribution in [0.15, 0.2) is 62.4 Å². The Labute approximate surface area is 211 Å². The molecule has 0 bridgehead atoms. The minimum Gasteiger partial charge on any atom is -0.488 e. The molecule has 170 valence electrons. The first-order valence-electron chi connectivity index (χ1n) is 9.89. The number of hydrogen-bond acceptors (Lipinski definition) is 3. The van der Waals surface area contributed by atoms with Gasteiger partial charge in [-0.3, -0.25) is 0 Å². The monoisotopic (exact) mass is 599 g/mol. The summed E-state index contributed by atoms with van der Waals surface area (Å²) in [5.74, 6) is 0.781. The molecule has 0 aliphatic carbocycles. The van der Waals surface area contributed by atoms with Crippen LogP contribution in [0.2, 0.25) is 5.02 Å². The first-order chi connectivity index (χ1) is 15.0. The summed E-state index contributed by atoms with van der Waals surface area (Å²) in [6.07, 6.45) is 0. The maximum atomic E-state index is 13.2. The molecular weight excluding hydrogens is 578 g/mol. The molecule has 0 spiro atoms. The Hall–Kier alpha value is -1.38. The van der Waals surface area contributed by atoms with Gasteiger partial charge < -0.3 is 4.74 Å². The summed E-state index contributed by atoms with van der Waals surface area (Å²) in [4.78, 5) is 0.221. The van der Waals surface area contributed by atoms with Gasteiger partial charge in [0.2, 0.25) is 10.0 Å². The van der Waals surface area contributed by atoms with E-state index in [1.807, 2.05) is 57.2 Å². The molecule has 8 heteroatoms. The van der Waals surface area contributed by atoms with E-state index in [1.165, 1.54) is 4.31 Å². The van der Waals surface area contributed by atoms with Crippen molar-refractivity contribution in [3.05, 3.63) is 90.3 Å². The molecule has 3 rings (SSSR count). The summed E-state index contributed by atoms with van der Waals surface area (Å²) >= 11 is 13.0. The Morgan fingerprint density at radius 1 is 0.969 bits per heavy atom. The van der Waals surface area contributed by atoms with E-state index in [2.05, 4.69) is 31.9 Å². The molecular formula is C24H24Br2ClNO3S. The zero-order valence-corrected chi connectivity index (χ0v) is 23.0. The van der Waals surface area contributed by atoms with Gasteiger partial charge in [0.05, 0.1) is 0 Å². The van der Waals surface area contributed by atoms with Crippen LogP contribution < -0.4 is 4.74 Å². The van der Waals surface area contributed by atoms with Gasteiger partial charge in [0.25, 0.3) is 0 Å². The molecule has 0 saturated carbocycles. The van der Waals surface area contributed by atoms with Crippen molar-refractivity contribution >= 4 is 53.5 Å². The van der Waals surface area contributed by atoms with Gasteiger partial charge in [0, 0.05) is 33.1 Å². The molecule has 0 fully saturated rings. The SMILES string of the molecule is Cc1cc(Br)c(S(=O)(=O)N(C)Cc2cc(C)c(OCc3ccccc3Cl)c(C)c2)c(Br)c1. The summed E-state index contributed by atoms with van der Waals surface area (Å²) in [6, 6.07) is 15.1. The van der Waals surface area contributed by atoms with E-state index in [9.17, 15) is 8.42 Å². The summed E-state index contributed by atoms with van der Waals surface area (Å²) in [7, 11) is -2.12. The third kappa shape index (κ3) is 5.57. The molecule has 0 aliphatic rings. The van der Waals surface area contributed by atoms with E-state index in [0.717, 1.165) is 33.6 Å². The van der Waals surface area contributed by atoms with E-state index >= 15 is 0 Å².